The van der Waals surface area contributed by atoms with Crippen LogP contribution in [-0.4, -0.2) is 31.2 Å². The van der Waals surface area contributed by atoms with Crippen LogP contribution in [0.15, 0.2) is 64.2 Å². The van der Waals surface area contributed by atoms with Gasteiger partial charge >= 0.3 is 0 Å². The van der Waals surface area contributed by atoms with Gasteiger partial charge < -0.3 is 14.8 Å². The molecule has 0 aliphatic rings. The van der Waals surface area contributed by atoms with Gasteiger partial charge in [-0.2, -0.15) is 10.4 Å². The summed E-state index contributed by atoms with van der Waals surface area (Å²) in [5, 5.41) is 16.6. The van der Waals surface area contributed by atoms with E-state index >= 15 is 0 Å². The summed E-state index contributed by atoms with van der Waals surface area (Å²) < 4.78 is 12.0. The van der Waals surface area contributed by atoms with Crippen LogP contribution in [-0.2, 0) is 11.4 Å². The lowest BCUT2D eigenvalue weighted by molar-refractivity contribution is -0.123. The third kappa shape index (κ3) is 7.96. The molecule has 3 aromatic carbocycles. The highest BCUT2D eigenvalue weighted by atomic mass is 79.9. The number of amides is 2. The molecule has 8 nitrogen and oxygen atoms in total. The molecular weight excluding hydrogens is 607 g/mol. The van der Waals surface area contributed by atoms with Crippen LogP contribution in [0.25, 0.3) is 0 Å². The Morgan fingerprint density at radius 2 is 1.87 bits per heavy atom. The maximum absolute atomic E-state index is 12.8. The van der Waals surface area contributed by atoms with Gasteiger partial charge in [0.2, 0.25) is 0 Å². The van der Waals surface area contributed by atoms with Gasteiger partial charge in [0.05, 0.1) is 39.5 Å². The van der Waals surface area contributed by atoms with Crippen LogP contribution in [0.5, 0.6) is 11.5 Å². The van der Waals surface area contributed by atoms with E-state index in [1.165, 1.54) is 31.5 Å². The Bertz CT molecular complexity index is 1440. The van der Waals surface area contributed by atoms with Gasteiger partial charge in [-0.05, 0) is 63.8 Å². The lowest BCUT2D eigenvalue weighted by atomic mass is 10.0. The zero-order valence-corrected chi connectivity index (χ0v) is 24.4. The van der Waals surface area contributed by atoms with E-state index in [0.29, 0.717) is 32.1 Å². The highest BCUT2D eigenvalue weighted by Gasteiger charge is 2.25. The summed E-state index contributed by atoms with van der Waals surface area (Å²) in [4.78, 5) is 25.5. The Morgan fingerprint density at radius 3 is 2.54 bits per heavy atom. The lowest BCUT2D eigenvalue weighted by Gasteiger charge is -2.20. The predicted octanol–water partition coefficient (Wildman–Crippen LogP) is 6.12. The van der Waals surface area contributed by atoms with Gasteiger partial charge in [-0.25, -0.2) is 5.43 Å². The predicted molar refractivity (Wildman–Crippen MR) is 154 cm³/mol. The Kier molecular flexibility index (Phi) is 10.8. The molecule has 0 spiro atoms. The molecule has 0 fully saturated rings. The second kappa shape index (κ2) is 14.0. The number of carbonyl (C=O) groups excluding carboxylic acids is 2. The minimum atomic E-state index is -0.850. The first-order chi connectivity index (χ1) is 18.6. The van der Waals surface area contributed by atoms with E-state index in [9.17, 15) is 14.9 Å². The molecule has 3 rings (SSSR count). The number of hydrogen-bond donors (Lipinski definition) is 2. The van der Waals surface area contributed by atoms with Crippen molar-refractivity contribution in [1.82, 2.24) is 10.7 Å². The van der Waals surface area contributed by atoms with Crippen molar-refractivity contribution in [2.45, 2.75) is 26.5 Å². The minimum Gasteiger partial charge on any atom is -0.493 e. The van der Waals surface area contributed by atoms with Gasteiger partial charge in [0.25, 0.3) is 11.8 Å². The number of rotatable bonds is 10. The molecule has 1 atom stereocenters. The molecular formula is C28H25BrCl2N4O4. The molecule has 0 saturated carbocycles. The Morgan fingerprint density at radius 1 is 1.13 bits per heavy atom. The van der Waals surface area contributed by atoms with Crippen molar-refractivity contribution in [2.75, 3.05) is 7.11 Å². The van der Waals surface area contributed by atoms with Crippen LogP contribution in [0.2, 0.25) is 10.0 Å². The van der Waals surface area contributed by atoms with Gasteiger partial charge in [-0.3, -0.25) is 9.59 Å². The number of benzene rings is 3. The zero-order valence-electron chi connectivity index (χ0n) is 21.3. The number of carbonyl (C=O) groups is 2. The van der Waals surface area contributed by atoms with Crippen LogP contribution in [0.4, 0.5) is 0 Å². The minimum absolute atomic E-state index is 0.173. The third-order valence-corrected chi connectivity index (χ3v) is 6.90. The van der Waals surface area contributed by atoms with Crippen LogP contribution in [0, 0.1) is 17.2 Å². The van der Waals surface area contributed by atoms with Crippen molar-refractivity contribution in [2.24, 2.45) is 11.0 Å². The second-order valence-electron chi connectivity index (χ2n) is 8.65. The van der Waals surface area contributed by atoms with Crippen molar-refractivity contribution in [1.29, 1.82) is 5.26 Å². The monoisotopic (exact) mass is 630 g/mol. The largest absolute Gasteiger partial charge is 0.493 e. The molecule has 0 saturated heterocycles. The number of nitrogens with one attached hydrogen (secondary N) is 2. The topological polar surface area (TPSA) is 113 Å². The second-order valence-corrected chi connectivity index (χ2v) is 10.3. The van der Waals surface area contributed by atoms with Crippen molar-refractivity contribution < 1.29 is 19.1 Å². The quantitative estimate of drug-likeness (QED) is 0.207. The van der Waals surface area contributed by atoms with E-state index in [2.05, 4.69) is 37.8 Å². The SMILES string of the molecule is COc1cc(C=NNC(=O)C(NC(=O)c2ccc(Cl)c(Cl)c2)C(C)C)cc(Br)c1OCc1ccccc1C#N. The van der Waals surface area contributed by atoms with Gasteiger partial charge in [0, 0.05) is 11.1 Å². The summed E-state index contributed by atoms with van der Waals surface area (Å²) in [6.07, 6.45) is 1.44. The van der Waals surface area contributed by atoms with Crippen molar-refractivity contribution in [3.63, 3.8) is 0 Å². The number of hydrazone groups is 1. The molecule has 202 valence electrons. The normalized spacial score (nSPS) is 11.6. The lowest BCUT2D eigenvalue weighted by Crippen LogP contribution is -2.48. The van der Waals surface area contributed by atoms with E-state index < -0.39 is 17.9 Å². The summed E-state index contributed by atoms with van der Waals surface area (Å²) in [6.45, 7) is 3.78. The third-order valence-electron chi connectivity index (χ3n) is 5.57. The van der Waals surface area contributed by atoms with E-state index in [-0.39, 0.29) is 23.1 Å². The summed E-state index contributed by atoms with van der Waals surface area (Å²) in [5.41, 5.74) is 4.64. The molecule has 1 unspecified atom stereocenters. The molecule has 2 amide bonds. The Labute approximate surface area is 245 Å². The fourth-order valence-electron chi connectivity index (χ4n) is 3.50. The molecule has 2 N–H and O–H groups in total. The fraction of sp³-hybridized carbons (Fsp3) is 0.214. The summed E-state index contributed by atoms with van der Waals surface area (Å²) in [7, 11) is 1.50. The van der Waals surface area contributed by atoms with E-state index in [1.807, 2.05) is 12.1 Å². The molecule has 0 radical (unpaired) electrons. The average Bonchev–Trinajstić information content (AvgIpc) is 2.92. The molecule has 0 aromatic heterocycles. The van der Waals surface area contributed by atoms with Crippen molar-refractivity contribution in [3.05, 3.63) is 91.4 Å². The van der Waals surface area contributed by atoms with Crippen molar-refractivity contribution >= 4 is 57.2 Å². The van der Waals surface area contributed by atoms with Crippen LogP contribution < -0.4 is 20.2 Å². The first kappa shape index (κ1) is 30.0. The standard InChI is InChI=1S/C28H25BrCl2N4O4/c1-16(2)25(34-27(36)18-8-9-22(30)23(31)12-18)28(37)35-33-14-17-10-21(29)26(24(11-17)38-3)39-15-20-7-5-4-6-19(20)13-32/h4-12,14,16,25H,15H2,1-3H3,(H,34,36)(H,35,37). The summed E-state index contributed by atoms with van der Waals surface area (Å²) in [5.74, 6) is -0.287. The number of nitriles is 1. The maximum Gasteiger partial charge on any atom is 0.262 e. The van der Waals surface area contributed by atoms with E-state index in [4.69, 9.17) is 32.7 Å². The Balaban J connectivity index is 1.68. The summed E-state index contributed by atoms with van der Waals surface area (Å²) >= 11 is 15.4. The highest BCUT2D eigenvalue weighted by molar-refractivity contribution is 9.10. The Hall–Kier alpha value is -3.58. The molecule has 39 heavy (non-hydrogen) atoms. The number of methoxy groups -OCH3 is 1. The highest BCUT2D eigenvalue weighted by Crippen LogP contribution is 2.37. The number of nitrogens with zero attached hydrogens (tertiary/aromatic N) is 2. The van der Waals surface area contributed by atoms with Crippen LogP contribution in [0.3, 0.4) is 0 Å². The van der Waals surface area contributed by atoms with Gasteiger partial charge in [-0.15, -0.1) is 0 Å². The van der Waals surface area contributed by atoms with Gasteiger partial charge in [0.1, 0.15) is 12.6 Å². The molecule has 0 aliphatic carbocycles. The molecule has 11 heteroatoms. The molecule has 0 heterocycles. The summed E-state index contributed by atoms with van der Waals surface area (Å²) in [6, 6.07) is 16.4. The average molecular weight is 632 g/mol. The van der Waals surface area contributed by atoms with E-state index in [0.717, 1.165) is 5.56 Å². The fourth-order valence-corrected chi connectivity index (χ4v) is 4.37. The van der Waals surface area contributed by atoms with E-state index in [1.54, 1.807) is 38.1 Å². The molecule has 0 bridgehead atoms. The van der Waals surface area contributed by atoms with Gasteiger partial charge in [0.15, 0.2) is 11.5 Å². The smallest absolute Gasteiger partial charge is 0.262 e. The van der Waals surface area contributed by atoms with Crippen LogP contribution >= 0.6 is 39.1 Å². The van der Waals surface area contributed by atoms with Crippen molar-refractivity contribution in [3.8, 4) is 17.6 Å². The van der Waals surface area contributed by atoms with Crippen LogP contribution in [0.1, 0.15) is 40.9 Å². The maximum atomic E-state index is 12.8. The number of ether oxygens (including phenoxy) is 2. The number of hydrogen-bond acceptors (Lipinski definition) is 6. The molecule has 3 aromatic rings. The van der Waals surface area contributed by atoms with Gasteiger partial charge in [-0.1, -0.05) is 55.2 Å². The zero-order chi connectivity index (χ0) is 28.5. The number of halogens is 3. The molecule has 0 aliphatic heterocycles. The first-order valence-corrected chi connectivity index (χ1v) is 13.3. The first-order valence-electron chi connectivity index (χ1n) is 11.7.